The minimum Gasteiger partial charge on any atom is -0.481 e. The summed E-state index contributed by atoms with van der Waals surface area (Å²) in [6, 6.07) is 3.56. The van der Waals surface area contributed by atoms with Gasteiger partial charge >= 0.3 is 0 Å². The zero-order chi connectivity index (χ0) is 8.97. The minimum atomic E-state index is -0.414. The monoisotopic (exact) mass is 167 g/mol. The quantitative estimate of drug-likeness (QED) is 0.742. The number of aliphatic hydroxyl groups is 1. The van der Waals surface area contributed by atoms with Gasteiger partial charge in [0, 0.05) is 12.3 Å². The summed E-state index contributed by atoms with van der Waals surface area (Å²) in [7, 11) is 1.57. The first-order valence-electron chi connectivity index (χ1n) is 3.96. The predicted molar refractivity (Wildman–Crippen MR) is 46.0 cm³/mol. The van der Waals surface area contributed by atoms with Gasteiger partial charge in [0.25, 0.3) is 0 Å². The van der Waals surface area contributed by atoms with Crippen LogP contribution in [0.4, 0.5) is 0 Å². The number of hydrogen-bond donors (Lipinski definition) is 1. The number of aliphatic hydroxyl groups excluding tert-OH is 1. The van der Waals surface area contributed by atoms with Crippen LogP contribution in [0.3, 0.4) is 0 Å². The van der Waals surface area contributed by atoms with Gasteiger partial charge in [-0.25, -0.2) is 4.98 Å². The average molecular weight is 167 g/mol. The fraction of sp³-hybridized carbons (Fsp3) is 0.444. The molecule has 0 unspecified atom stereocenters. The van der Waals surface area contributed by atoms with Crippen LogP contribution in [-0.2, 0) is 0 Å². The molecular weight excluding hydrogens is 154 g/mol. The highest BCUT2D eigenvalue weighted by Crippen LogP contribution is 2.16. The fourth-order valence-electron chi connectivity index (χ4n) is 0.945. The maximum atomic E-state index is 9.41. The van der Waals surface area contributed by atoms with Crippen molar-refractivity contribution in [2.24, 2.45) is 0 Å². The largest absolute Gasteiger partial charge is 0.481 e. The molecule has 1 aromatic heterocycles. The lowest BCUT2D eigenvalue weighted by Gasteiger charge is -2.07. The van der Waals surface area contributed by atoms with Gasteiger partial charge in [0.05, 0.1) is 13.2 Å². The molecule has 0 spiro atoms. The molecule has 1 N–H and O–H groups in total. The fourth-order valence-corrected chi connectivity index (χ4v) is 0.945. The van der Waals surface area contributed by atoms with E-state index in [0.29, 0.717) is 12.3 Å². The number of rotatable bonds is 3. The maximum Gasteiger partial charge on any atom is 0.212 e. The number of hydrogen-bond acceptors (Lipinski definition) is 3. The molecule has 0 fully saturated rings. The van der Waals surface area contributed by atoms with E-state index < -0.39 is 6.10 Å². The molecule has 1 atom stereocenters. The van der Waals surface area contributed by atoms with Crippen LogP contribution in [0, 0.1) is 0 Å². The highest BCUT2D eigenvalue weighted by Gasteiger charge is 2.04. The molecule has 0 amide bonds. The summed E-state index contributed by atoms with van der Waals surface area (Å²) in [4.78, 5) is 3.98. The molecule has 1 aromatic rings. The first-order chi connectivity index (χ1) is 5.77. The normalized spacial score (nSPS) is 12.6. The van der Waals surface area contributed by atoms with Gasteiger partial charge in [-0.15, -0.1) is 0 Å². The van der Waals surface area contributed by atoms with Gasteiger partial charge < -0.3 is 9.84 Å². The number of methoxy groups -OCH3 is 1. The Morgan fingerprint density at radius 3 is 2.75 bits per heavy atom. The summed E-state index contributed by atoms with van der Waals surface area (Å²) in [6.45, 7) is 1.93. The molecule has 1 heterocycles. The van der Waals surface area contributed by atoms with Crippen LogP contribution < -0.4 is 4.74 Å². The lowest BCUT2D eigenvalue weighted by Crippen LogP contribution is -1.96. The second kappa shape index (κ2) is 4.07. The predicted octanol–water partition coefficient (Wildman–Crippen LogP) is 1.53. The van der Waals surface area contributed by atoms with E-state index in [0.717, 1.165) is 5.56 Å². The first-order valence-corrected chi connectivity index (χ1v) is 3.96. The van der Waals surface area contributed by atoms with E-state index in [-0.39, 0.29) is 0 Å². The van der Waals surface area contributed by atoms with Gasteiger partial charge in [0.1, 0.15) is 0 Å². The van der Waals surface area contributed by atoms with Crippen LogP contribution in [0.15, 0.2) is 18.3 Å². The Morgan fingerprint density at radius 2 is 2.33 bits per heavy atom. The Bertz CT molecular complexity index is 233. The Kier molecular flexibility index (Phi) is 3.05. The lowest BCUT2D eigenvalue weighted by atomic mass is 10.1. The summed E-state index contributed by atoms with van der Waals surface area (Å²) in [6.07, 6.45) is 1.92. The van der Waals surface area contributed by atoms with E-state index in [1.807, 2.05) is 13.0 Å². The van der Waals surface area contributed by atoms with E-state index in [1.165, 1.54) is 0 Å². The molecule has 1 rings (SSSR count). The van der Waals surface area contributed by atoms with Gasteiger partial charge in [0.15, 0.2) is 0 Å². The van der Waals surface area contributed by atoms with Crippen LogP contribution in [0.5, 0.6) is 5.88 Å². The van der Waals surface area contributed by atoms with E-state index in [4.69, 9.17) is 4.74 Å². The Balaban J connectivity index is 2.77. The van der Waals surface area contributed by atoms with E-state index in [9.17, 15) is 5.11 Å². The molecule has 0 aliphatic carbocycles. The molecule has 0 saturated heterocycles. The van der Waals surface area contributed by atoms with Crippen molar-refractivity contribution in [3.63, 3.8) is 0 Å². The van der Waals surface area contributed by atoms with Crippen molar-refractivity contribution in [3.05, 3.63) is 23.9 Å². The molecule has 0 aliphatic heterocycles. The molecular formula is C9H13NO2. The maximum absolute atomic E-state index is 9.41. The standard InChI is InChI=1S/C9H13NO2/c1-3-8(11)7-4-5-9(12-2)10-6-7/h4-6,8,11H,3H2,1-2H3/t8-/m0/s1. The second-order valence-electron chi connectivity index (χ2n) is 2.56. The van der Waals surface area contributed by atoms with Crippen LogP contribution in [0.2, 0.25) is 0 Å². The first kappa shape index (κ1) is 9.00. The SMILES string of the molecule is CC[C@H](O)c1ccc(OC)nc1. The molecule has 3 nitrogen and oxygen atoms in total. The number of aromatic nitrogens is 1. The molecule has 0 saturated carbocycles. The summed E-state index contributed by atoms with van der Waals surface area (Å²) < 4.78 is 4.89. The zero-order valence-corrected chi connectivity index (χ0v) is 7.32. The topological polar surface area (TPSA) is 42.4 Å². The van der Waals surface area contributed by atoms with Gasteiger partial charge in [-0.2, -0.15) is 0 Å². The minimum absolute atomic E-state index is 0.414. The van der Waals surface area contributed by atoms with Gasteiger partial charge in [0.2, 0.25) is 5.88 Å². The summed E-state index contributed by atoms with van der Waals surface area (Å²) in [5.74, 6) is 0.571. The smallest absolute Gasteiger partial charge is 0.212 e. The van der Waals surface area contributed by atoms with E-state index in [2.05, 4.69) is 4.98 Å². The highest BCUT2D eigenvalue weighted by atomic mass is 16.5. The van der Waals surface area contributed by atoms with Gasteiger partial charge in [-0.05, 0) is 18.1 Å². The van der Waals surface area contributed by atoms with Crippen molar-refractivity contribution in [3.8, 4) is 5.88 Å². The third kappa shape index (κ3) is 1.95. The van der Waals surface area contributed by atoms with Crippen LogP contribution >= 0.6 is 0 Å². The van der Waals surface area contributed by atoms with Crippen molar-refractivity contribution >= 4 is 0 Å². The lowest BCUT2D eigenvalue weighted by molar-refractivity contribution is 0.173. The van der Waals surface area contributed by atoms with E-state index in [1.54, 1.807) is 19.4 Å². The average Bonchev–Trinajstić information content (AvgIpc) is 2.17. The van der Waals surface area contributed by atoms with Crippen molar-refractivity contribution in [2.75, 3.05) is 7.11 Å². The number of pyridine rings is 1. The van der Waals surface area contributed by atoms with Crippen molar-refractivity contribution in [2.45, 2.75) is 19.4 Å². The third-order valence-corrected chi connectivity index (χ3v) is 1.74. The summed E-state index contributed by atoms with van der Waals surface area (Å²) in [5, 5.41) is 9.41. The molecule has 0 radical (unpaired) electrons. The van der Waals surface area contributed by atoms with Crippen LogP contribution in [0.1, 0.15) is 25.0 Å². The highest BCUT2D eigenvalue weighted by molar-refractivity contribution is 5.19. The van der Waals surface area contributed by atoms with Gasteiger partial charge in [-0.3, -0.25) is 0 Å². The summed E-state index contributed by atoms with van der Waals surface area (Å²) in [5.41, 5.74) is 0.832. The molecule has 3 heteroatoms. The molecule has 0 bridgehead atoms. The Morgan fingerprint density at radius 1 is 1.58 bits per heavy atom. The number of ether oxygens (including phenoxy) is 1. The van der Waals surface area contributed by atoms with Crippen molar-refractivity contribution in [1.82, 2.24) is 4.98 Å². The zero-order valence-electron chi connectivity index (χ0n) is 7.32. The number of nitrogens with zero attached hydrogens (tertiary/aromatic N) is 1. The van der Waals surface area contributed by atoms with Crippen LogP contribution in [-0.4, -0.2) is 17.2 Å². The van der Waals surface area contributed by atoms with Crippen molar-refractivity contribution in [1.29, 1.82) is 0 Å². The Labute approximate surface area is 72.0 Å². The van der Waals surface area contributed by atoms with Crippen LogP contribution in [0.25, 0.3) is 0 Å². The second-order valence-corrected chi connectivity index (χ2v) is 2.56. The van der Waals surface area contributed by atoms with E-state index >= 15 is 0 Å². The molecule has 0 aliphatic rings. The van der Waals surface area contributed by atoms with Crippen molar-refractivity contribution < 1.29 is 9.84 Å². The Hall–Kier alpha value is -1.09. The third-order valence-electron chi connectivity index (χ3n) is 1.74. The molecule has 0 aromatic carbocycles. The molecule has 66 valence electrons. The summed E-state index contributed by atoms with van der Waals surface area (Å²) >= 11 is 0. The van der Waals surface area contributed by atoms with Gasteiger partial charge in [-0.1, -0.05) is 6.92 Å². The molecule has 12 heavy (non-hydrogen) atoms.